The highest BCUT2D eigenvalue weighted by atomic mass is 32.2. The number of hydrogen-bond donors (Lipinski definition) is 1. The molecular weight excluding hydrogens is 304 g/mol. The molecule has 0 radical (unpaired) electrons. The Hall–Kier alpha value is -1.55. The number of rotatable bonds is 2. The number of carbonyl (C=O) groups excluding carboxylic acids is 1. The Balaban J connectivity index is 1.91. The molecule has 0 aromatic heterocycles. The normalized spacial score (nSPS) is 23.0. The van der Waals surface area contributed by atoms with Gasteiger partial charge in [0, 0.05) is 5.25 Å². The van der Waals surface area contributed by atoms with Gasteiger partial charge < -0.3 is 5.32 Å². The third-order valence-corrected chi connectivity index (χ3v) is 5.80. The standard InChI is InChI=1S/C19H24N2OS/c1-13-7-6-8-14(11-13)12-16-19(2,3)17(22)21-18(20-16)23-15-9-4-5-10-15/h6-8,11-12,15H,4-5,9-10H2,1-3H3,(H,20,21,22)/b16-12+. The van der Waals surface area contributed by atoms with E-state index >= 15 is 0 Å². The van der Waals surface area contributed by atoms with Crippen molar-refractivity contribution >= 4 is 28.9 Å². The van der Waals surface area contributed by atoms with Gasteiger partial charge in [0.05, 0.1) is 11.1 Å². The minimum atomic E-state index is -0.608. The lowest BCUT2D eigenvalue weighted by Gasteiger charge is -2.30. The largest absolute Gasteiger partial charge is 0.304 e. The summed E-state index contributed by atoms with van der Waals surface area (Å²) in [4.78, 5) is 17.3. The highest BCUT2D eigenvalue weighted by Gasteiger charge is 2.37. The fraction of sp³-hybridized carbons (Fsp3) is 0.474. The van der Waals surface area contributed by atoms with E-state index in [1.54, 1.807) is 11.8 Å². The van der Waals surface area contributed by atoms with Crippen molar-refractivity contribution in [1.82, 2.24) is 5.32 Å². The van der Waals surface area contributed by atoms with Crippen LogP contribution in [0.1, 0.15) is 50.7 Å². The summed E-state index contributed by atoms with van der Waals surface area (Å²) in [6.07, 6.45) is 7.06. The molecule has 1 aromatic rings. The average molecular weight is 328 g/mol. The first-order valence-corrected chi connectivity index (χ1v) is 9.19. The summed E-state index contributed by atoms with van der Waals surface area (Å²) in [5.74, 6) is 0.0342. The molecule has 1 N–H and O–H groups in total. The molecular formula is C19H24N2OS. The number of amides is 1. The van der Waals surface area contributed by atoms with Crippen molar-refractivity contribution in [2.75, 3.05) is 0 Å². The van der Waals surface area contributed by atoms with Crippen LogP contribution in [0.2, 0.25) is 0 Å². The van der Waals surface area contributed by atoms with Crippen LogP contribution in [0.15, 0.2) is 35.0 Å². The van der Waals surface area contributed by atoms with Gasteiger partial charge in [-0.25, -0.2) is 4.99 Å². The van der Waals surface area contributed by atoms with Gasteiger partial charge in [0.1, 0.15) is 0 Å². The van der Waals surface area contributed by atoms with E-state index in [-0.39, 0.29) is 5.91 Å². The van der Waals surface area contributed by atoms with Crippen molar-refractivity contribution in [3.8, 4) is 0 Å². The average Bonchev–Trinajstić information content (AvgIpc) is 2.98. The molecule has 4 heteroatoms. The Kier molecular flexibility index (Phi) is 4.62. The van der Waals surface area contributed by atoms with Crippen LogP contribution in [0, 0.1) is 12.3 Å². The number of hydrogen-bond acceptors (Lipinski definition) is 3. The highest BCUT2D eigenvalue weighted by Crippen LogP contribution is 2.36. The van der Waals surface area contributed by atoms with Crippen LogP contribution in [0.4, 0.5) is 0 Å². The number of aliphatic imine (C=N–C) groups is 1. The smallest absolute Gasteiger partial charge is 0.237 e. The summed E-state index contributed by atoms with van der Waals surface area (Å²) in [6.45, 7) is 5.94. The van der Waals surface area contributed by atoms with Gasteiger partial charge in [-0.15, -0.1) is 0 Å². The minimum absolute atomic E-state index is 0.0342. The van der Waals surface area contributed by atoms with Crippen molar-refractivity contribution in [2.45, 2.75) is 51.7 Å². The third-order valence-electron chi connectivity index (χ3n) is 4.58. The molecule has 1 fully saturated rings. The molecule has 0 bridgehead atoms. The van der Waals surface area contributed by atoms with Gasteiger partial charge in [-0.2, -0.15) is 0 Å². The number of nitrogens with one attached hydrogen (secondary N) is 1. The summed E-state index contributed by atoms with van der Waals surface area (Å²) in [6, 6.07) is 8.29. The van der Waals surface area contributed by atoms with E-state index < -0.39 is 5.41 Å². The lowest BCUT2D eigenvalue weighted by atomic mass is 9.86. The van der Waals surface area contributed by atoms with Crippen molar-refractivity contribution in [3.63, 3.8) is 0 Å². The van der Waals surface area contributed by atoms with Crippen LogP contribution in [-0.2, 0) is 4.79 Å². The molecule has 0 unspecified atom stereocenters. The summed E-state index contributed by atoms with van der Waals surface area (Å²) in [5, 5.41) is 4.35. The van der Waals surface area contributed by atoms with E-state index in [0.717, 1.165) is 16.4 Å². The SMILES string of the molecule is Cc1cccc(/C=C2/N=C(SC3CCCC3)NC(=O)C2(C)C)c1. The van der Waals surface area contributed by atoms with Crippen LogP contribution in [0.25, 0.3) is 6.08 Å². The Morgan fingerprint density at radius 2 is 2.04 bits per heavy atom. The van der Waals surface area contributed by atoms with E-state index in [9.17, 15) is 4.79 Å². The van der Waals surface area contributed by atoms with Gasteiger partial charge in [0.25, 0.3) is 0 Å². The molecule has 1 saturated carbocycles. The molecule has 3 nitrogen and oxygen atoms in total. The third kappa shape index (κ3) is 3.69. The topological polar surface area (TPSA) is 41.5 Å². The molecule has 122 valence electrons. The summed E-state index contributed by atoms with van der Waals surface area (Å²) in [7, 11) is 0. The van der Waals surface area contributed by atoms with Gasteiger partial charge in [-0.05, 0) is 45.3 Å². The van der Waals surface area contributed by atoms with Gasteiger partial charge in [-0.1, -0.05) is 54.4 Å². The summed E-state index contributed by atoms with van der Waals surface area (Å²) in [5.41, 5.74) is 2.54. The zero-order valence-electron chi connectivity index (χ0n) is 14.1. The molecule has 23 heavy (non-hydrogen) atoms. The lowest BCUT2D eigenvalue weighted by Crippen LogP contribution is -2.44. The van der Waals surface area contributed by atoms with Crippen molar-refractivity contribution in [1.29, 1.82) is 0 Å². The van der Waals surface area contributed by atoms with E-state index in [2.05, 4.69) is 30.4 Å². The maximum absolute atomic E-state index is 12.5. The maximum Gasteiger partial charge on any atom is 0.237 e. The Bertz CT molecular complexity index is 670. The van der Waals surface area contributed by atoms with Crippen molar-refractivity contribution < 1.29 is 4.79 Å². The first kappa shape index (κ1) is 16.3. The molecule has 1 aliphatic heterocycles. The fourth-order valence-corrected chi connectivity index (χ4v) is 4.18. The second-order valence-electron chi connectivity index (χ2n) is 6.96. The molecule has 3 rings (SSSR count). The monoisotopic (exact) mass is 328 g/mol. The van der Waals surface area contributed by atoms with E-state index in [1.807, 2.05) is 26.0 Å². The lowest BCUT2D eigenvalue weighted by molar-refractivity contribution is -0.126. The molecule has 1 heterocycles. The second-order valence-corrected chi connectivity index (χ2v) is 8.25. The first-order valence-electron chi connectivity index (χ1n) is 8.31. The number of amidine groups is 1. The number of thioether (sulfide) groups is 1. The predicted molar refractivity (Wildman–Crippen MR) is 98.4 cm³/mol. The van der Waals surface area contributed by atoms with Crippen LogP contribution >= 0.6 is 11.8 Å². The number of aryl methyl sites for hydroxylation is 1. The Morgan fingerprint density at radius 1 is 1.30 bits per heavy atom. The van der Waals surface area contributed by atoms with Gasteiger partial charge in [0.2, 0.25) is 5.91 Å². The van der Waals surface area contributed by atoms with Crippen LogP contribution < -0.4 is 5.32 Å². The predicted octanol–water partition coefficient (Wildman–Crippen LogP) is 4.52. The molecule has 1 aliphatic carbocycles. The molecule has 1 amide bonds. The van der Waals surface area contributed by atoms with E-state index in [4.69, 9.17) is 4.99 Å². The second kappa shape index (κ2) is 6.52. The maximum atomic E-state index is 12.5. The molecule has 0 saturated heterocycles. The van der Waals surface area contributed by atoms with Crippen molar-refractivity contribution in [3.05, 3.63) is 41.1 Å². The fourth-order valence-electron chi connectivity index (χ4n) is 3.00. The highest BCUT2D eigenvalue weighted by molar-refractivity contribution is 8.14. The Labute approximate surface area is 142 Å². The zero-order chi connectivity index (χ0) is 16.4. The number of benzene rings is 1. The summed E-state index contributed by atoms with van der Waals surface area (Å²) < 4.78 is 0. The Morgan fingerprint density at radius 3 is 2.74 bits per heavy atom. The van der Waals surface area contributed by atoms with Gasteiger partial charge >= 0.3 is 0 Å². The van der Waals surface area contributed by atoms with Crippen molar-refractivity contribution in [2.24, 2.45) is 10.4 Å². The van der Waals surface area contributed by atoms with E-state index in [1.165, 1.54) is 31.2 Å². The molecule has 2 aliphatic rings. The zero-order valence-corrected chi connectivity index (χ0v) is 14.9. The quantitative estimate of drug-likeness (QED) is 0.867. The van der Waals surface area contributed by atoms with Crippen LogP contribution in [0.5, 0.6) is 0 Å². The van der Waals surface area contributed by atoms with Crippen LogP contribution in [0.3, 0.4) is 0 Å². The minimum Gasteiger partial charge on any atom is -0.304 e. The molecule has 1 aromatic carbocycles. The first-order chi connectivity index (χ1) is 10.9. The number of carbonyl (C=O) groups is 1. The van der Waals surface area contributed by atoms with Crippen LogP contribution in [-0.4, -0.2) is 16.3 Å². The molecule has 0 spiro atoms. The van der Waals surface area contributed by atoms with E-state index in [0.29, 0.717) is 5.25 Å². The summed E-state index contributed by atoms with van der Waals surface area (Å²) >= 11 is 1.73. The molecule has 0 atom stereocenters. The van der Waals surface area contributed by atoms with Gasteiger partial charge in [0.15, 0.2) is 5.17 Å². The number of nitrogens with zero attached hydrogens (tertiary/aromatic N) is 1. The van der Waals surface area contributed by atoms with Gasteiger partial charge in [-0.3, -0.25) is 4.79 Å².